The molecule has 2 aromatic carbocycles. The van der Waals surface area contributed by atoms with E-state index < -0.39 is 66.1 Å². The zero-order valence-corrected chi connectivity index (χ0v) is 22.3. The highest BCUT2D eigenvalue weighted by atomic mass is 79.9. The Hall–Kier alpha value is -2.35. The molecule has 0 saturated carbocycles. The summed E-state index contributed by atoms with van der Waals surface area (Å²) in [4.78, 5) is 24.3. The van der Waals surface area contributed by atoms with Crippen LogP contribution < -0.4 is 5.32 Å². The zero-order chi connectivity index (χ0) is 29.1. The van der Waals surface area contributed by atoms with Crippen LogP contribution in [0, 0.1) is 5.92 Å². The number of benzene rings is 2. The summed E-state index contributed by atoms with van der Waals surface area (Å²) in [7, 11) is 0. The average molecular weight is 683 g/mol. The second kappa shape index (κ2) is 12.2. The van der Waals surface area contributed by atoms with Crippen LogP contribution in [0.15, 0.2) is 51.4 Å². The monoisotopic (exact) mass is 681 g/mol. The van der Waals surface area contributed by atoms with Crippen LogP contribution in [0.1, 0.15) is 46.3 Å². The van der Waals surface area contributed by atoms with Crippen LogP contribution in [0.4, 0.5) is 39.5 Å². The number of hydrogen-bond acceptors (Lipinski definition) is 2. The van der Waals surface area contributed by atoms with Crippen molar-refractivity contribution in [2.75, 3.05) is 6.54 Å². The summed E-state index contributed by atoms with van der Waals surface area (Å²) in [6, 6.07) is 6.17. The van der Waals surface area contributed by atoms with Crippen LogP contribution in [0.25, 0.3) is 6.08 Å². The fourth-order valence-corrected chi connectivity index (χ4v) is 4.69. The molecule has 1 unspecified atom stereocenters. The van der Waals surface area contributed by atoms with Crippen molar-refractivity contribution in [1.29, 1.82) is 0 Å². The summed E-state index contributed by atoms with van der Waals surface area (Å²) in [5.74, 6) is -5.89. The van der Waals surface area contributed by atoms with E-state index in [-0.39, 0.29) is 11.1 Å². The molecule has 0 fully saturated rings. The van der Waals surface area contributed by atoms with Crippen LogP contribution in [0.3, 0.4) is 0 Å². The predicted octanol–water partition coefficient (Wildman–Crippen LogP) is 8.48. The number of hydrogen-bond donors (Lipinski definition) is 1. The summed E-state index contributed by atoms with van der Waals surface area (Å²) < 4.78 is 120. The van der Waals surface area contributed by atoms with Gasteiger partial charge in [-0.15, -0.1) is 0 Å². The summed E-state index contributed by atoms with van der Waals surface area (Å²) in [6.45, 7) is -0.597. The van der Waals surface area contributed by atoms with Crippen molar-refractivity contribution in [3.63, 3.8) is 0 Å². The highest BCUT2D eigenvalue weighted by Crippen LogP contribution is 2.39. The summed E-state index contributed by atoms with van der Waals surface area (Å²) >= 11 is 6.17. The molecule has 0 spiro atoms. The van der Waals surface area contributed by atoms with E-state index in [4.69, 9.17) is 0 Å². The van der Waals surface area contributed by atoms with Crippen molar-refractivity contribution < 1.29 is 49.1 Å². The number of halogens is 11. The molecular formula is C24H18Br2F9NO2. The maximum Gasteiger partial charge on any atom is 0.417 e. The molecule has 1 N–H and O–H groups in total. The van der Waals surface area contributed by atoms with Crippen molar-refractivity contribution in [2.24, 2.45) is 5.92 Å². The maximum atomic E-state index is 13.7. The summed E-state index contributed by atoms with van der Waals surface area (Å²) in [5, 5.41) is 1.55. The van der Waals surface area contributed by atoms with Gasteiger partial charge < -0.3 is 5.32 Å². The van der Waals surface area contributed by atoms with Crippen molar-refractivity contribution in [2.45, 2.75) is 37.8 Å². The molecule has 2 atom stereocenters. The smallest absolute Gasteiger partial charge is 0.347 e. The Labute approximate surface area is 227 Å². The number of allylic oxidation sites excluding steroid dienone is 1. The molecule has 0 bridgehead atoms. The Morgan fingerprint density at radius 1 is 0.921 bits per heavy atom. The predicted molar refractivity (Wildman–Crippen MR) is 128 cm³/mol. The van der Waals surface area contributed by atoms with Gasteiger partial charge in [-0.25, -0.2) is 0 Å². The van der Waals surface area contributed by atoms with E-state index >= 15 is 0 Å². The second-order valence-corrected chi connectivity index (χ2v) is 10.1. The Kier molecular flexibility index (Phi) is 10.3. The van der Waals surface area contributed by atoms with Crippen molar-refractivity contribution in [3.05, 3.63) is 73.7 Å². The first-order valence-electron chi connectivity index (χ1n) is 10.6. The van der Waals surface area contributed by atoms with Gasteiger partial charge in [0.1, 0.15) is 6.54 Å². The Bertz CT molecular complexity index is 1180. The van der Waals surface area contributed by atoms with Gasteiger partial charge in [0.05, 0.1) is 11.5 Å². The van der Waals surface area contributed by atoms with Crippen LogP contribution in [-0.2, 0) is 11.0 Å². The first kappa shape index (κ1) is 31.9. The number of amides is 1. The highest BCUT2D eigenvalue weighted by molar-refractivity contribution is 9.11. The fourth-order valence-electron chi connectivity index (χ4n) is 3.36. The molecule has 0 aliphatic rings. The topological polar surface area (TPSA) is 46.2 Å². The van der Waals surface area contributed by atoms with Gasteiger partial charge in [-0.3, -0.25) is 9.59 Å². The molecule has 0 saturated heterocycles. The van der Waals surface area contributed by atoms with Crippen molar-refractivity contribution >= 4 is 49.6 Å². The molecule has 0 aliphatic heterocycles. The molecule has 2 rings (SSSR count). The Morgan fingerprint density at radius 2 is 1.50 bits per heavy atom. The maximum absolute atomic E-state index is 13.7. The number of ketones is 1. The zero-order valence-electron chi connectivity index (χ0n) is 19.2. The van der Waals surface area contributed by atoms with E-state index in [9.17, 15) is 49.1 Å². The summed E-state index contributed by atoms with van der Waals surface area (Å²) in [6.07, 6.45) is -13.9. The minimum Gasteiger partial charge on any atom is -0.347 e. The quantitative estimate of drug-likeness (QED) is 0.224. The van der Waals surface area contributed by atoms with Crippen LogP contribution in [-0.4, -0.2) is 30.6 Å². The van der Waals surface area contributed by atoms with E-state index in [1.165, 1.54) is 18.2 Å². The van der Waals surface area contributed by atoms with Gasteiger partial charge in [-0.1, -0.05) is 63.1 Å². The molecule has 2 aromatic rings. The van der Waals surface area contributed by atoms with E-state index in [0.717, 1.165) is 25.1 Å². The number of carbonyl (C=O) groups excluding carboxylic acids is 2. The lowest BCUT2D eigenvalue weighted by atomic mass is 9.93. The number of carbonyl (C=O) groups is 2. The highest BCUT2D eigenvalue weighted by Gasteiger charge is 2.39. The van der Waals surface area contributed by atoms with Gasteiger partial charge in [0.25, 0.3) is 0 Å². The first-order valence-corrected chi connectivity index (χ1v) is 12.2. The van der Waals surface area contributed by atoms with Gasteiger partial charge in [0.15, 0.2) is 5.78 Å². The van der Waals surface area contributed by atoms with Gasteiger partial charge in [-0.2, -0.15) is 39.5 Å². The molecule has 3 nitrogen and oxygen atoms in total. The molecule has 0 radical (unpaired) electrons. The number of Topliss-reactive ketones (excluding diaryl/α,β-unsaturated/α-hetero) is 1. The molecule has 1 amide bonds. The Balaban J connectivity index is 2.35. The minimum absolute atomic E-state index is 0.185. The third-order valence-corrected chi connectivity index (χ3v) is 6.05. The lowest BCUT2D eigenvalue weighted by Crippen LogP contribution is -2.37. The van der Waals surface area contributed by atoms with E-state index in [0.29, 0.717) is 21.1 Å². The Morgan fingerprint density at radius 3 is 2.00 bits per heavy atom. The lowest BCUT2D eigenvalue weighted by molar-refractivity contribution is -0.140. The normalized spacial score (nSPS) is 14.4. The van der Waals surface area contributed by atoms with Gasteiger partial charge in [0, 0.05) is 26.8 Å². The molecule has 0 aliphatic carbocycles. The number of nitrogens with one attached hydrogen (secondary N) is 1. The van der Waals surface area contributed by atoms with Gasteiger partial charge in [0.2, 0.25) is 5.91 Å². The SMILES string of the molecule is C[C@@H](CC(=O)c1ccc(/C=C/C(c2cc(Br)cc(Br)c2)C(F)(F)F)cc1C(F)(F)F)C(=O)NCC(F)(F)F. The summed E-state index contributed by atoms with van der Waals surface area (Å²) in [5.41, 5.74) is -2.79. The van der Waals surface area contributed by atoms with Crippen molar-refractivity contribution in [1.82, 2.24) is 5.32 Å². The van der Waals surface area contributed by atoms with E-state index in [1.54, 1.807) is 5.32 Å². The van der Waals surface area contributed by atoms with Gasteiger partial charge >= 0.3 is 18.5 Å². The third kappa shape index (κ3) is 9.44. The molecule has 0 aromatic heterocycles. The van der Waals surface area contributed by atoms with Gasteiger partial charge in [-0.05, 0) is 35.4 Å². The van der Waals surface area contributed by atoms with Crippen LogP contribution in [0.5, 0.6) is 0 Å². The van der Waals surface area contributed by atoms with Crippen LogP contribution in [0.2, 0.25) is 0 Å². The standard InChI is InChI=1S/C24H18Br2F9NO2/c1-12(21(38)36-11-22(27,28)29)6-20(37)17-4-2-13(7-19(17)24(33,34)35)3-5-18(23(30,31)32)14-8-15(25)10-16(26)9-14/h2-5,7-10,12,18H,6,11H2,1H3,(H,36,38)/b5-3+/t12-,18?/m0/s1. The first-order chi connectivity index (χ1) is 17.3. The molecule has 38 heavy (non-hydrogen) atoms. The largest absolute Gasteiger partial charge is 0.417 e. The lowest BCUT2D eigenvalue weighted by Gasteiger charge is -2.18. The molecule has 14 heteroatoms. The minimum atomic E-state index is -5.09. The average Bonchev–Trinajstić information content (AvgIpc) is 2.74. The van der Waals surface area contributed by atoms with Crippen molar-refractivity contribution in [3.8, 4) is 0 Å². The molecule has 0 heterocycles. The molecule has 208 valence electrons. The van der Waals surface area contributed by atoms with Crippen LogP contribution >= 0.6 is 31.9 Å². The second-order valence-electron chi connectivity index (χ2n) is 8.25. The fraction of sp³-hybridized carbons (Fsp3) is 0.333. The third-order valence-electron chi connectivity index (χ3n) is 5.13. The van der Waals surface area contributed by atoms with E-state index in [2.05, 4.69) is 31.9 Å². The van der Waals surface area contributed by atoms with E-state index in [1.807, 2.05) is 0 Å². The number of rotatable bonds is 8. The molecular weight excluding hydrogens is 665 g/mol. The number of alkyl halides is 9.